The van der Waals surface area contributed by atoms with Crippen molar-refractivity contribution in [3.63, 3.8) is 0 Å². The van der Waals surface area contributed by atoms with Crippen molar-refractivity contribution in [2.75, 3.05) is 11.9 Å². The highest BCUT2D eigenvalue weighted by Gasteiger charge is 2.34. The van der Waals surface area contributed by atoms with E-state index in [1.165, 1.54) is 5.56 Å². The number of nitrogens with one attached hydrogen (secondary N) is 2. The van der Waals surface area contributed by atoms with Gasteiger partial charge in [-0.05, 0) is 24.7 Å². The van der Waals surface area contributed by atoms with E-state index in [-0.39, 0.29) is 5.41 Å². The zero-order valence-electron chi connectivity index (χ0n) is 9.93. The third-order valence-electron chi connectivity index (χ3n) is 3.80. The van der Waals surface area contributed by atoms with Crippen LogP contribution >= 0.6 is 0 Å². The van der Waals surface area contributed by atoms with Crippen molar-refractivity contribution in [1.29, 1.82) is 5.41 Å². The van der Waals surface area contributed by atoms with Gasteiger partial charge in [0.05, 0.1) is 5.69 Å². The second-order valence-corrected chi connectivity index (χ2v) is 5.42. The van der Waals surface area contributed by atoms with E-state index >= 15 is 0 Å². The average Bonchev–Trinajstić information content (AvgIpc) is 2.55. The second kappa shape index (κ2) is 3.09. The monoisotopic (exact) mass is 218 g/mol. The first-order valence-corrected chi connectivity index (χ1v) is 6.02. The Morgan fingerprint density at radius 2 is 2.25 bits per heavy atom. The molecule has 2 N–H and O–H groups in total. The lowest BCUT2D eigenvalue weighted by Gasteiger charge is -2.24. The Labute approximate surface area is 95.2 Å². The lowest BCUT2D eigenvalue weighted by molar-refractivity contribution is 0.500. The summed E-state index contributed by atoms with van der Waals surface area (Å²) in [6, 6.07) is 0. The maximum atomic E-state index is 8.34. The molecule has 1 aromatic heterocycles. The minimum absolute atomic E-state index is 0.124. The summed E-state index contributed by atoms with van der Waals surface area (Å²) < 4.78 is 2.02. The molecule has 3 rings (SSSR count). The molecule has 0 spiro atoms. The highest BCUT2D eigenvalue weighted by Crippen LogP contribution is 2.35. The van der Waals surface area contributed by atoms with Gasteiger partial charge in [-0.1, -0.05) is 13.8 Å². The summed E-state index contributed by atoms with van der Waals surface area (Å²) in [5.41, 5.74) is 3.10. The van der Waals surface area contributed by atoms with Crippen molar-refractivity contribution >= 4 is 5.95 Å². The second-order valence-electron chi connectivity index (χ2n) is 5.42. The summed E-state index contributed by atoms with van der Waals surface area (Å²) in [4.78, 5) is 4.68. The predicted octanol–water partition coefficient (Wildman–Crippen LogP) is 1.40. The normalized spacial score (nSPS) is 21.1. The van der Waals surface area contributed by atoms with Crippen molar-refractivity contribution in [2.24, 2.45) is 0 Å². The fourth-order valence-electron chi connectivity index (χ4n) is 2.86. The minimum atomic E-state index is 0.124. The van der Waals surface area contributed by atoms with Crippen LogP contribution in [0.4, 0.5) is 5.95 Å². The number of nitrogens with zero attached hydrogens (tertiary/aromatic N) is 2. The van der Waals surface area contributed by atoms with Gasteiger partial charge in [0.1, 0.15) is 5.49 Å². The number of hydrogen-bond acceptors (Lipinski definition) is 3. The topological polar surface area (TPSA) is 53.7 Å². The maximum Gasteiger partial charge on any atom is 0.204 e. The Hall–Kier alpha value is -1.32. The Kier molecular flexibility index (Phi) is 1.91. The summed E-state index contributed by atoms with van der Waals surface area (Å²) in [7, 11) is 0. The summed E-state index contributed by atoms with van der Waals surface area (Å²) >= 11 is 0. The molecule has 0 aromatic carbocycles. The Morgan fingerprint density at radius 3 is 3.06 bits per heavy atom. The lowest BCUT2D eigenvalue weighted by atomic mass is 9.88. The van der Waals surface area contributed by atoms with Gasteiger partial charge in [-0.2, -0.15) is 0 Å². The zero-order valence-corrected chi connectivity index (χ0v) is 9.93. The molecule has 0 unspecified atom stereocenters. The molecule has 0 saturated heterocycles. The molecule has 86 valence electrons. The number of fused-ring (bicyclic) bond motifs is 2. The fraction of sp³-hybridized carbons (Fsp3) is 0.667. The van der Waals surface area contributed by atoms with Gasteiger partial charge in [-0.3, -0.25) is 9.98 Å². The number of aromatic nitrogens is 2. The van der Waals surface area contributed by atoms with Crippen LogP contribution in [0.25, 0.3) is 0 Å². The first-order valence-electron chi connectivity index (χ1n) is 6.02. The molecule has 0 saturated carbocycles. The van der Waals surface area contributed by atoms with Crippen molar-refractivity contribution in [1.82, 2.24) is 9.55 Å². The predicted molar refractivity (Wildman–Crippen MR) is 62.5 cm³/mol. The standard InChI is InChI=1S/C12H18N4/c1-12(2)5-4-8-9(12)10(13)16-7-3-6-14-11(16)15-8/h13H,3-7H2,1-2H3,(H,14,15). The van der Waals surface area contributed by atoms with Crippen LogP contribution in [0.5, 0.6) is 0 Å². The van der Waals surface area contributed by atoms with E-state index in [0.717, 1.165) is 44.0 Å². The van der Waals surface area contributed by atoms with Gasteiger partial charge in [-0.15, -0.1) is 0 Å². The van der Waals surface area contributed by atoms with Crippen LogP contribution < -0.4 is 10.8 Å². The van der Waals surface area contributed by atoms with Gasteiger partial charge in [0.2, 0.25) is 5.95 Å². The summed E-state index contributed by atoms with van der Waals surface area (Å²) in [6.07, 6.45) is 3.22. The quantitative estimate of drug-likeness (QED) is 0.691. The third kappa shape index (κ3) is 1.22. The van der Waals surface area contributed by atoms with Gasteiger partial charge in [0.25, 0.3) is 0 Å². The number of rotatable bonds is 0. The van der Waals surface area contributed by atoms with Crippen LogP contribution in [-0.4, -0.2) is 16.1 Å². The van der Waals surface area contributed by atoms with E-state index in [9.17, 15) is 0 Å². The van der Waals surface area contributed by atoms with E-state index < -0.39 is 0 Å². The van der Waals surface area contributed by atoms with Crippen molar-refractivity contribution in [3.8, 4) is 0 Å². The molecule has 0 radical (unpaired) electrons. The number of aryl methyl sites for hydroxylation is 1. The van der Waals surface area contributed by atoms with Gasteiger partial charge < -0.3 is 5.32 Å². The van der Waals surface area contributed by atoms with Crippen molar-refractivity contribution < 1.29 is 0 Å². The molecule has 4 nitrogen and oxygen atoms in total. The molecule has 0 amide bonds. The molecule has 16 heavy (non-hydrogen) atoms. The molecule has 1 aliphatic carbocycles. The number of hydrogen-bond donors (Lipinski definition) is 2. The van der Waals surface area contributed by atoms with Crippen LogP contribution in [0, 0.1) is 5.41 Å². The first-order chi connectivity index (χ1) is 7.59. The zero-order chi connectivity index (χ0) is 11.3. The smallest absolute Gasteiger partial charge is 0.204 e. The van der Waals surface area contributed by atoms with Gasteiger partial charge >= 0.3 is 0 Å². The number of anilines is 1. The molecular weight excluding hydrogens is 200 g/mol. The van der Waals surface area contributed by atoms with E-state index in [1.807, 2.05) is 4.57 Å². The molecule has 1 aliphatic heterocycles. The van der Waals surface area contributed by atoms with Gasteiger partial charge in [0.15, 0.2) is 0 Å². The van der Waals surface area contributed by atoms with E-state index in [1.54, 1.807) is 0 Å². The summed E-state index contributed by atoms with van der Waals surface area (Å²) in [5, 5.41) is 11.6. The Bertz CT molecular complexity index is 498. The van der Waals surface area contributed by atoms with Crippen LogP contribution in [0.1, 0.15) is 37.9 Å². The van der Waals surface area contributed by atoms with Crippen molar-refractivity contribution in [3.05, 3.63) is 16.7 Å². The molecule has 0 fully saturated rings. The molecule has 2 aliphatic rings. The maximum absolute atomic E-state index is 8.34. The van der Waals surface area contributed by atoms with Crippen molar-refractivity contribution in [2.45, 2.75) is 45.1 Å². The molecule has 0 atom stereocenters. The molecule has 4 heteroatoms. The summed E-state index contributed by atoms with van der Waals surface area (Å²) in [6.45, 7) is 6.36. The molecule has 0 bridgehead atoms. The largest absolute Gasteiger partial charge is 0.356 e. The van der Waals surface area contributed by atoms with E-state index in [4.69, 9.17) is 5.41 Å². The van der Waals surface area contributed by atoms with E-state index in [0.29, 0.717) is 5.49 Å². The Balaban J connectivity index is 2.27. The van der Waals surface area contributed by atoms with Crippen LogP contribution in [-0.2, 0) is 18.4 Å². The molecule has 1 aromatic rings. The first kappa shape index (κ1) is 9.87. The fourth-order valence-corrected chi connectivity index (χ4v) is 2.86. The third-order valence-corrected chi connectivity index (χ3v) is 3.80. The van der Waals surface area contributed by atoms with Crippen LogP contribution in [0.15, 0.2) is 0 Å². The summed E-state index contributed by atoms with van der Waals surface area (Å²) in [5.74, 6) is 0.896. The van der Waals surface area contributed by atoms with Crippen LogP contribution in [0.2, 0.25) is 0 Å². The van der Waals surface area contributed by atoms with E-state index in [2.05, 4.69) is 24.1 Å². The van der Waals surface area contributed by atoms with Gasteiger partial charge in [-0.25, -0.2) is 4.98 Å². The Morgan fingerprint density at radius 1 is 1.44 bits per heavy atom. The average molecular weight is 218 g/mol. The van der Waals surface area contributed by atoms with Crippen LogP contribution in [0.3, 0.4) is 0 Å². The SMILES string of the molecule is CC1(C)CCc2nc3n(c(=N)c21)CCCN3. The highest BCUT2D eigenvalue weighted by molar-refractivity contribution is 5.38. The minimum Gasteiger partial charge on any atom is -0.356 e. The molecule has 2 heterocycles. The molecular formula is C12H18N4. The lowest BCUT2D eigenvalue weighted by Crippen LogP contribution is -2.35. The highest BCUT2D eigenvalue weighted by atomic mass is 15.2. The van der Waals surface area contributed by atoms with Gasteiger partial charge in [0, 0.05) is 18.7 Å².